The Morgan fingerprint density at radius 2 is 1.65 bits per heavy atom. The summed E-state index contributed by atoms with van der Waals surface area (Å²) in [5.41, 5.74) is 3.41. The number of amides is 1. The van der Waals surface area contributed by atoms with E-state index in [1.54, 1.807) is 0 Å². The van der Waals surface area contributed by atoms with Crippen LogP contribution in [0.3, 0.4) is 0 Å². The van der Waals surface area contributed by atoms with Crippen LogP contribution < -0.4 is 5.32 Å². The summed E-state index contributed by atoms with van der Waals surface area (Å²) in [6.45, 7) is 6.54. The second-order valence-electron chi connectivity index (χ2n) is 7.58. The molecule has 1 saturated carbocycles. The maximum Gasteiger partial charge on any atom is 0.268 e. The Bertz CT molecular complexity index is 563. The zero-order valence-electron chi connectivity index (χ0n) is 15.0. The van der Waals surface area contributed by atoms with Gasteiger partial charge in [0, 0.05) is 25.8 Å². The summed E-state index contributed by atoms with van der Waals surface area (Å²) >= 11 is 0. The lowest BCUT2D eigenvalue weighted by Gasteiger charge is -2.33. The third-order valence-electron chi connectivity index (χ3n) is 6.30. The van der Waals surface area contributed by atoms with E-state index in [0.717, 1.165) is 18.5 Å². The van der Waals surface area contributed by atoms with Gasteiger partial charge in [0.05, 0.1) is 18.5 Å². The van der Waals surface area contributed by atoms with Gasteiger partial charge in [-0.1, -0.05) is 18.2 Å². The number of carbonyl (C=O) groups excluding carboxylic acids is 1. The van der Waals surface area contributed by atoms with E-state index in [1.165, 1.54) is 55.3 Å². The lowest BCUT2D eigenvalue weighted by atomic mass is 10.1. The molecule has 2 nitrogen and oxygen atoms in total. The van der Waals surface area contributed by atoms with Crippen molar-refractivity contribution >= 4 is 18.9 Å². The van der Waals surface area contributed by atoms with Crippen molar-refractivity contribution in [2.45, 2.75) is 64.5 Å². The van der Waals surface area contributed by atoms with Crippen LogP contribution in [0.1, 0.15) is 56.6 Å². The van der Waals surface area contributed by atoms with Gasteiger partial charge in [0.1, 0.15) is 0 Å². The highest BCUT2D eigenvalue weighted by molar-refractivity contribution is 7.78. The average molecular weight is 332 g/mol. The number of nitrogens with one attached hydrogen (secondary N) is 1. The SMILES string of the molecule is CC[P+]1(C2(C(=O)Nc3c(C)cccc3C)CC2)CCCCCC1. The summed E-state index contributed by atoms with van der Waals surface area (Å²) in [4.78, 5) is 13.3. The van der Waals surface area contributed by atoms with E-state index in [4.69, 9.17) is 0 Å². The van der Waals surface area contributed by atoms with Crippen LogP contribution in [0.5, 0.6) is 0 Å². The second kappa shape index (κ2) is 6.55. The summed E-state index contributed by atoms with van der Waals surface area (Å²) in [5.74, 6) is 0.340. The largest absolute Gasteiger partial charge is 0.322 e. The van der Waals surface area contributed by atoms with Gasteiger partial charge in [-0.3, -0.25) is 4.79 Å². The molecule has 1 N–H and O–H groups in total. The van der Waals surface area contributed by atoms with Crippen LogP contribution in [-0.2, 0) is 4.79 Å². The first-order chi connectivity index (χ1) is 11.0. The molecule has 1 aliphatic carbocycles. The van der Waals surface area contributed by atoms with Crippen molar-refractivity contribution < 1.29 is 4.79 Å². The third kappa shape index (κ3) is 2.95. The van der Waals surface area contributed by atoms with E-state index < -0.39 is 7.26 Å². The first-order valence-electron chi connectivity index (χ1n) is 9.28. The molecule has 0 aromatic heterocycles. The number of carbonyl (C=O) groups is 1. The molecule has 3 rings (SSSR count). The topological polar surface area (TPSA) is 29.1 Å². The third-order valence-corrected chi connectivity index (χ3v) is 12.3. The smallest absolute Gasteiger partial charge is 0.268 e. The molecule has 1 aromatic rings. The Kier molecular flexibility index (Phi) is 4.83. The summed E-state index contributed by atoms with van der Waals surface area (Å²) in [6, 6.07) is 6.26. The van der Waals surface area contributed by atoms with Gasteiger partial charge in [0.25, 0.3) is 5.91 Å². The molecule has 0 spiro atoms. The number of hydrogen-bond acceptors (Lipinski definition) is 1. The molecule has 0 bridgehead atoms. The highest BCUT2D eigenvalue weighted by atomic mass is 31.2. The molecule has 1 saturated heterocycles. The maximum absolute atomic E-state index is 13.3. The molecule has 1 aliphatic heterocycles. The number of para-hydroxylation sites is 1. The van der Waals surface area contributed by atoms with E-state index >= 15 is 0 Å². The normalized spacial score (nSPS) is 22.2. The zero-order valence-corrected chi connectivity index (χ0v) is 15.8. The first-order valence-corrected chi connectivity index (χ1v) is 11.6. The predicted octanol–water partition coefficient (Wildman–Crippen LogP) is 5.39. The standard InChI is InChI=1S/C20H30NOP/c1-4-23(14-7-5-6-8-15-23)20(12-13-20)19(22)21-18-16(2)10-9-11-17(18)3/h9-11H,4-8,12-15H2,1-3H3/p+1. The van der Waals surface area contributed by atoms with Crippen molar-refractivity contribution in [3.8, 4) is 0 Å². The lowest BCUT2D eigenvalue weighted by molar-refractivity contribution is -0.116. The number of rotatable bonds is 4. The van der Waals surface area contributed by atoms with E-state index in [9.17, 15) is 4.79 Å². The van der Waals surface area contributed by atoms with E-state index in [-0.39, 0.29) is 5.16 Å². The van der Waals surface area contributed by atoms with Crippen LogP contribution in [0.4, 0.5) is 5.69 Å². The molecule has 0 unspecified atom stereocenters. The van der Waals surface area contributed by atoms with Gasteiger partial charge in [-0.15, -0.1) is 0 Å². The average Bonchev–Trinajstić information content (AvgIpc) is 3.35. The van der Waals surface area contributed by atoms with Crippen molar-refractivity contribution in [3.05, 3.63) is 29.3 Å². The number of hydrogen-bond donors (Lipinski definition) is 1. The van der Waals surface area contributed by atoms with Crippen LogP contribution >= 0.6 is 7.26 Å². The summed E-state index contributed by atoms with van der Waals surface area (Å²) in [7, 11) is -1.14. The van der Waals surface area contributed by atoms with Crippen LogP contribution in [0.15, 0.2) is 18.2 Å². The Hall–Kier alpha value is -0.880. The van der Waals surface area contributed by atoms with Crippen LogP contribution in [0.25, 0.3) is 0 Å². The number of anilines is 1. The summed E-state index contributed by atoms with van der Waals surface area (Å²) in [6.07, 6.45) is 11.7. The molecule has 2 aliphatic rings. The van der Waals surface area contributed by atoms with E-state index in [0.29, 0.717) is 5.91 Å². The molecule has 126 valence electrons. The van der Waals surface area contributed by atoms with E-state index in [2.05, 4.69) is 44.3 Å². The molecule has 23 heavy (non-hydrogen) atoms. The minimum absolute atomic E-state index is 0.0147. The van der Waals surface area contributed by atoms with Crippen LogP contribution in [0, 0.1) is 13.8 Å². The summed E-state index contributed by atoms with van der Waals surface area (Å²) < 4.78 is 0. The molecule has 2 fully saturated rings. The number of aryl methyl sites for hydroxylation is 2. The van der Waals surface area contributed by atoms with Gasteiger partial charge in [-0.25, -0.2) is 0 Å². The summed E-state index contributed by atoms with van der Waals surface area (Å²) in [5, 5.41) is 3.36. The maximum atomic E-state index is 13.3. The first kappa shape index (κ1) is 17.0. The van der Waals surface area contributed by atoms with Crippen molar-refractivity contribution in [1.82, 2.24) is 0 Å². The Balaban J connectivity index is 1.86. The van der Waals surface area contributed by atoms with Crippen molar-refractivity contribution in [1.29, 1.82) is 0 Å². The fraction of sp³-hybridized carbons (Fsp3) is 0.650. The van der Waals surface area contributed by atoms with Gasteiger partial charge in [-0.2, -0.15) is 0 Å². The minimum atomic E-state index is -1.14. The molecule has 3 heteroatoms. The molecule has 1 heterocycles. The lowest BCUT2D eigenvalue weighted by Crippen LogP contribution is -2.35. The van der Waals surface area contributed by atoms with Gasteiger partial charge in [0.2, 0.25) is 0 Å². The molecular weight excluding hydrogens is 301 g/mol. The molecule has 0 radical (unpaired) electrons. The molecule has 1 aromatic carbocycles. The van der Waals surface area contributed by atoms with Crippen molar-refractivity contribution in [3.63, 3.8) is 0 Å². The molecule has 1 amide bonds. The fourth-order valence-electron chi connectivity index (χ4n) is 4.62. The van der Waals surface area contributed by atoms with Crippen molar-refractivity contribution in [2.24, 2.45) is 0 Å². The predicted molar refractivity (Wildman–Crippen MR) is 102 cm³/mol. The van der Waals surface area contributed by atoms with E-state index in [1.807, 2.05) is 0 Å². The molecule has 0 atom stereocenters. The van der Waals surface area contributed by atoms with Crippen molar-refractivity contribution in [2.75, 3.05) is 23.8 Å². The van der Waals surface area contributed by atoms with Gasteiger partial charge < -0.3 is 5.32 Å². The highest BCUT2D eigenvalue weighted by Crippen LogP contribution is 2.79. The van der Waals surface area contributed by atoms with Gasteiger partial charge >= 0.3 is 0 Å². The van der Waals surface area contributed by atoms with Crippen LogP contribution in [0.2, 0.25) is 0 Å². The van der Waals surface area contributed by atoms with Crippen LogP contribution in [-0.4, -0.2) is 29.5 Å². The monoisotopic (exact) mass is 332 g/mol. The fourth-order valence-corrected chi connectivity index (χ4v) is 10.1. The highest BCUT2D eigenvalue weighted by Gasteiger charge is 2.69. The quantitative estimate of drug-likeness (QED) is 0.736. The Labute approximate surface area is 141 Å². The second-order valence-corrected chi connectivity index (χ2v) is 12.2. The van der Waals surface area contributed by atoms with Gasteiger partial charge in [0.15, 0.2) is 5.16 Å². The Morgan fingerprint density at radius 3 is 2.13 bits per heavy atom. The Morgan fingerprint density at radius 1 is 1.09 bits per heavy atom. The zero-order chi connectivity index (χ0) is 16.5. The van der Waals surface area contributed by atoms with Gasteiger partial charge in [-0.05, 0) is 57.6 Å². The minimum Gasteiger partial charge on any atom is -0.322 e. The number of benzene rings is 1. The molecular formula is C20H31NOP+.